The van der Waals surface area contributed by atoms with Crippen molar-refractivity contribution < 1.29 is 4.74 Å². The minimum Gasteiger partial charge on any atom is -0.476 e. The van der Waals surface area contributed by atoms with Gasteiger partial charge in [0.05, 0.1) is 0 Å². The summed E-state index contributed by atoms with van der Waals surface area (Å²) in [4.78, 5) is 6.42. The molecule has 1 aliphatic rings. The van der Waals surface area contributed by atoms with Gasteiger partial charge >= 0.3 is 0 Å². The van der Waals surface area contributed by atoms with Crippen LogP contribution in [0.5, 0.6) is 5.88 Å². The molecule has 1 aliphatic heterocycles. The number of nitrogens with zero attached hydrogens (tertiary/aromatic N) is 2. The Balaban J connectivity index is 1.81. The van der Waals surface area contributed by atoms with Crippen molar-refractivity contribution in [3.8, 4) is 5.88 Å². The van der Waals surface area contributed by atoms with Gasteiger partial charge in [0.1, 0.15) is 6.61 Å². The standard InChI is InChI=1S/C10H15N3O/c11-8-9-1-2-12-10(7-9)14-6-5-13-3-4-13/h1-2,7H,3-6,8,11H2. The van der Waals surface area contributed by atoms with Crippen molar-refractivity contribution in [3.05, 3.63) is 23.9 Å². The summed E-state index contributed by atoms with van der Waals surface area (Å²) in [7, 11) is 0. The van der Waals surface area contributed by atoms with Crippen LogP contribution in [0.25, 0.3) is 0 Å². The highest BCUT2D eigenvalue weighted by atomic mass is 16.5. The molecule has 76 valence electrons. The molecule has 0 aliphatic carbocycles. The summed E-state index contributed by atoms with van der Waals surface area (Å²) in [5.41, 5.74) is 6.57. The predicted octanol–water partition coefficient (Wildman–Crippen LogP) is 0.235. The van der Waals surface area contributed by atoms with Gasteiger partial charge in [-0.2, -0.15) is 0 Å². The number of ether oxygens (including phenoxy) is 1. The Morgan fingerprint density at radius 3 is 3.07 bits per heavy atom. The lowest BCUT2D eigenvalue weighted by Gasteiger charge is -2.06. The second kappa shape index (κ2) is 4.39. The highest BCUT2D eigenvalue weighted by Gasteiger charge is 2.15. The molecular weight excluding hydrogens is 178 g/mol. The molecule has 14 heavy (non-hydrogen) atoms. The van der Waals surface area contributed by atoms with E-state index in [0.29, 0.717) is 19.0 Å². The molecule has 0 spiro atoms. The summed E-state index contributed by atoms with van der Waals surface area (Å²) in [6.07, 6.45) is 1.73. The quantitative estimate of drug-likeness (QED) is 0.680. The Bertz CT molecular complexity index is 299. The lowest BCUT2D eigenvalue weighted by atomic mass is 10.3. The molecule has 1 fully saturated rings. The fourth-order valence-electron chi connectivity index (χ4n) is 1.23. The average Bonchev–Trinajstić information content (AvgIpc) is 3.02. The zero-order chi connectivity index (χ0) is 9.80. The van der Waals surface area contributed by atoms with E-state index in [1.807, 2.05) is 12.1 Å². The van der Waals surface area contributed by atoms with Crippen LogP contribution in [0, 0.1) is 0 Å². The molecule has 0 bridgehead atoms. The van der Waals surface area contributed by atoms with Gasteiger partial charge in [0.25, 0.3) is 0 Å². The summed E-state index contributed by atoms with van der Waals surface area (Å²) in [5, 5.41) is 0. The van der Waals surface area contributed by atoms with Crippen molar-refractivity contribution in [2.24, 2.45) is 5.73 Å². The Labute approximate surface area is 83.7 Å². The van der Waals surface area contributed by atoms with Gasteiger partial charge in [-0.3, -0.25) is 4.90 Å². The molecule has 1 aromatic heterocycles. The molecule has 2 rings (SSSR count). The Hall–Kier alpha value is -1.13. The fraction of sp³-hybridized carbons (Fsp3) is 0.500. The second-order valence-electron chi connectivity index (χ2n) is 3.40. The lowest BCUT2D eigenvalue weighted by Crippen LogP contribution is -2.11. The third-order valence-corrected chi connectivity index (χ3v) is 2.23. The predicted molar refractivity (Wildman–Crippen MR) is 54.1 cm³/mol. The molecule has 1 saturated heterocycles. The second-order valence-corrected chi connectivity index (χ2v) is 3.40. The van der Waals surface area contributed by atoms with Crippen molar-refractivity contribution >= 4 is 0 Å². The molecule has 1 aromatic rings. The van der Waals surface area contributed by atoms with E-state index < -0.39 is 0 Å². The lowest BCUT2D eigenvalue weighted by molar-refractivity contribution is 0.281. The van der Waals surface area contributed by atoms with E-state index in [-0.39, 0.29) is 0 Å². The van der Waals surface area contributed by atoms with Gasteiger partial charge in [-0.05, 0) is 11.6 Å². The topological polar surface area (TPSA) is 51.1 Å². The van der Waals surface area contributed by atoms with Crippen LogP contribution in [0.1, 0.15) is 5.56 Å². The first-order chi connectivity index (χ1) is 6.88. The molecule has 4 nitrogen and oxygen atoms in total. The van der Waals surface area contributed by atoms with Crippen LogP contribution >= 0.6 is 0 Å². The van der Waals surface area contributed by atoms with Crippen LogP contribution in [0.4, 0.5) is 0 Å². The van der Waals surface area contributed by atoms with Crippen LogP contribution in [0.2, 0.25) is 0 Å². The molecule has 0 unspecified atom stereocenters. The number of nitrogens with two attached hydrogens (primary N) is 1. The monoisotopic (exact) mass is 193 g/mol. The van der Waals surface area contributed by atoms with Crippen LogP contribution < -0.4 is 10.5 Å². The first kappa shape index (κ1) is 9.43. The highest BCUT2D eigenvalue weighted by molar-refractivity contribution is 5.20. The summed E-state index contributed by atoms with van der Waals surface area (Å²) >= 11 is 0. The van der Waals surface area contributed by atoms with Gasteiger partial charge in [-0.25, -0.2) is 4.98 Å². The maximum Gasteiger partial charge on any atom is 0.213 e. The molecule has 2 heterocycles. The molecule has 0 atom stereocenters. The zero-order valence-electron chi connectivity index (χ0n) is 8.15. The SMILES string of the molecule is NCc1ccnc(OCCN2CC2)c1. The van der Waals surface area contributed by atoms with E-state index in [9.17, 15) is 0 Å². The number of aromatic nitrogens is 1. The number of hydrogen-bond donors (Lipinski definition) is 1. The van der Waals surface area contributed by atoms with Gasteiger partial charge in [-0.15, -0.1) is 0 Å². The highest BCUT2D eigenvalue weighted by Crippen LogP contribution is 2.09. The van der Waals surface area contributed by atoms with Gasteiger partial charge in [0.2, 0.25) is 5.88 Å². The zero-order valence-corrected chi connectivity index (χ0v) is 8.15. The maximum atomic E-state index is 5.51. The van der Waals surface area contributed by atoms with E-state index in [1.165, 1.54) is 13.1 Å². The third kappa shape index (κ3) is 2.68. The van der Waals surface area contributed by atoms with E-state index in [0.717, 1.165) is 12.1 Å². The molecule has 0 aromatic carbocycles. The normalized spacial score (nSPS) is 15.5. The Morgan fingerprint density at radius 1 is 1.50 bits per heavy atom. The first-order valence-corrected chi connectivity index (χ1v) is 4.88. The summed E-state index contributed by atoms with van der Waals surface area (Å²) in [6, 6.07) is 3.79. The minimum atomic E-state index is 0.533. The van der Waals surface area contributed by atoms with Gasteiger partial charge < -0.3 is 10.5 Å². The number of rotatable bonds is 5. The van der Waals surface area contributed by atoms with Crippen LogP contribution in [-0.4, -0.2) is 36.1 Å². The molecule has 2 N–H and O–H groups in total. The summed E-state index contributed by atoms with van der Waals surface area (Å²) < 4.78 is 5.49. The number of pyridine rings is 1. The van der Waals surface area contributed by atoms with Crippen molar-refractivity contribution in [3.63, 3.8) is 0 Å². The smallest absolute Gasteiger partial charge is 0.213 e. The molecule has 0 saturated carbocycles. The van der Waals surface area contributed by atoms with Crippen molar-refractivity contribution in [1.82, 2.24) is 9.88 Å². The van der Waals surface area contributed by atoms with E-state index >= 15 is 0 Å². The van der Waals surface area contributed by atoms with Crippen molar-refractivity contribution in [2.75, 3.05) is 26.2 Å². The van der Waals surface area contributed by atoms with E-state index in [4.69, 9.17) is 10.5 Å². The molecule has 0 radical (unpaired) electrons. The van der Waals surface area contributed by atoms with Crippen molar-refractivity contribution in [1.29, 1.82) is 0 Å². The molecule has 4 heteroatoms. The molecular formula is C10H15N3O. The van der Waals surface area contributed by atoms with Gasteiger partial charge in [-0.1, -0.05) is 0 Å². The van der Waals surface area contributed by atoms with Crippen LogP contribution in [-0.2, 0) is 6.54 Å². The maximum absolute atomic E-state index is 5.51. The Kier molecular flexibility index (Phi) is 2.96. The van der Waals surface area contributed by atoms with Crippen LogP contribution in [0.15, 0.2) is 18.3 Å². The van der Waals surface area contributed by atoms with Crippen molar-refractivity contribution in [2.45, 2.75) is 6.54 Å². The largest absolute Gasteiger partial charge is 0.476 e. The summed E-state index contributed by atoms with van der Waals surface area (Å²) in [5.74, 6) is 0.676. The van der Waals surface area contributed by atoms with E-state index in [1.54, 1.807) is 6.20 Å². The molecule has 0 amide bonds. The average molecular weight is 193 g/mol. The van der Waals surface area contributed by atoms with E-state index in [2.05, 4.69) is 9.88 Å². The first-order valence-electron chi connectivity index (χ1n) is 4.88. The number of hydrogen-bond acceptors (Lipinski definition) is 4. The van der Waals surface area contributed by atoms with Gasteiger partial charge in [0.15, 0.2) is 0 Å². The van der Waals surface area contributed by atoms with Gasteiger partial charge in [0, 0.05) is 38.4 Å². The fourth-order valence-corrected chi connectivity index (χ4v) is 1.23. The van der Waals surface area contributed by atoms with Crippen LogP contribution in [0.3, 0.4) is 0 Å². The Morgan fingerprint density at radius 2 is 2.36 bits per heavy atom. The minimum absolute atomic E-state index is 0.533. The summed E-state index contributed by atoms with van der Waals surface area (Å²) in [6.45, 7) is 4.65. The third-order valence-electron chi connectivity index (χ3n) is 2.23.